The highest BCUT2D eigenvalue weighted by molar-refractivity contribution is 5.93. The van der Waals surface area contributed by atoms with E-state index in [0.717, 1.165) is 22.1 Å². The van der Waals surface area contributed by atoms with Crippen molar-refractivity contribution in [3.63, 3.8) is 0 Å². The number of hydrogen-bond donors (Lipinski definition) is 2. The SMILES string of the molecule is CCC1C(=O)OCc2c1cc1n(c2=O)Cc2c-1nc1cc(F)c(C)c3c1c2C(NC=O)CC3.COCCO. The number of esters is 1. The lowest BCUT2D eigenvalue weighted by atomic mass is 9.82. The average Bonchev–Trinajstić information content (AvgIpc) is 3.27. The monoisotopic (exact) mass is 523 g/mol. The first-order valence-electron chi connectivity index (χ1n) is 12.7. The number of ether oxygens (including phenoxy) is 2. The number of hydrogen-bond acceptors (Lipinski definition) is 7. The summed E-state index contributed by atoms with van der Waals surface area (Å²) in [6.07, 6.45) is 2.49. The number of carbonyl (C=O) groups excluding carboxylic acids is 2. The van der Waals surface area contributed by atoms with Gasteiger partial charge in [0.15, 0.2) is 0 Å². The van der Waals surface area contributed by atoms with Gasteiger partial charge in [-0.15, -0.1) is 0 Å². The summed E-state index contributed by atoms with van der Waals surface area (Å²) in [5, 5.41) is 11.7. The van der Waals surface area contributed by atoms with Gasteiger partial charge in [-0.3, -0.25) is 14.4 Å². The molecule has 200 valence electrons. The highest BCUT2D eigenvalue weighted by atomic mass is 19.1. The quantitative estimate of drug-likeness (QED) is 0.305. The zero-order chi connectivity index (χ0) is 27.1. The molecule has 0 radical (unpaired) electrons. The molecule has 2 aliphatic heterocycles. The van der Waals surface area contributed by atoms with Crippen LogP contribution in [0.5, 0.6) is 0 Å². The fraction of sp³-hybridized carbons (Fsp3) is 0.429. The Morgan fingerprint density at radius 2 is 2.08 bits per heavy atom. The molecule has 0 bridgehead atoms. The third-order valence-corrected chi connectivity index (χ3v) is 7.76. The Hall–Kier alpha value is -3.63. The van der Waals surface area contributed by atoms with Gasteiger partial charge in [0.2, 0.25) is 6.41 Å². The summed E-state index contributed by atoms with van der Waals surface area (Å²) in [5.41, 5.74) is 6.03. The van der Waals surface area contributed by atoms with Crippen molar-refractivity contribution in [2.75, 3.05) is 20.3 Å². The van der Waals surface area contributed by atoms with Crippen molar-refractivity contribution in [3.8, 4) is 11.4 Å². The smallest absolute Gasteiger partial charge is 0.313 e. The zero-order valence-electron chi connectivity index (χ0n) is 21.6. The highest BCUT2D eigenvalue weighted by Crippen LogP contribution is 2.45. The van der Waals surface area contributed by atoms with E-state index in [1.165, 1.54) is 6.07 Å². The predicted octanol–water partition coefficient (Wildman–Crippen LogP) is 2.78. The van der Waals surface area contributed by atoms with Crippen molar-refractivity contribution in [2.24, 2.45) is 0 Å². The molecule has 1 amide bonds. The number of nitrogens with one attached hydrogen (secondary N) is 1. The molecule has 4 heterocycles. The molecule has 0 spiro atoms. The molecule has 2 unspecified atom stereocenters. The molecular formula is C28H30FN3O6. The largest absolute Gasteiger partial charge is 0.460 e. The fourth-order valence-electron chi connectivity index (χ4n) is 5.92. The number of halogens is 1. The van der Waals surface area contributed by atoms with Gasteiger partial charge < -0.3 is 24.5 Å². The summed E-state index contributed by atoms with van der Waals surface area (Å²) in [5.74, 6) is -1.13. The minimum absolute atomic E-state index is 0.0355. The van der Waals surface area contributed by atoms with E-state index in [1.54, 1.807) is 18.6 Å². The van der Waals surface area contributed by atoms with Crippen LogP contribution in [0.3, 0.4) is 0 Å². The molecule has 6 rings (SSSR count). The van der Waals surface area contributed by atoms with Crippen molar-refractivity contribution < 1.29 is 28.6 Å². The molecule has 2 atom stereocenters. The second kappa shape index (κ2) is 10.3. The number of rotatable bonds is 5. The third-order valence-electron chi connectivity index (χ3n) is 7.76. The Bertz CT molecular complexity index is 1510. The third kappa shape index (κ3) is 3.99. The Balaban J connectivity index is 0.000000540. The highest BCUT2D eigenvalue weighted by Gasteiger charge is 2.37. The molecular weight excluding hydrogens is 493 g/mol. The van der Waals surface area contributed by atoms with Gasteiger partial charge in [0.25, 0.3) is 5.56 Å². The lowest BCUT2D eigenvalue weighted by Crippen LogP contribution is -2.32. The Morgan fingerprint density at radius 1 is 1.29 bits per heavy atom. The summed E-state index contributed by atoms with van der Waals surface area (Å²) in [4.78, 5) is 42.0. The number of carbonyl (C=O) groups is 2. The van der Waals surface area contributed by atoms with Crippen LogP contribution in [0.1, 0.15) is 65.1 Å². The topological polar surface area (TPSA) is 120 Å². The zero-order valence-corrected chi connectivity index (χ0v) is 21.6. The van der Waals surface area contributed by atoms with Gasteiger partial charge in [-0.05, 0) is 54.5 Å². The van der Waals surface area contributed by atoms with Gasteiger partial charge in [-0.1, -0.05) is 6.92 Å². The maximum atomic E-state index is 14.8. The van der Waals surface area contributed by atoms with Crippen molar-refractivity contribution in [1.29, 1.82) is 0 Å². The number of amides is 1. The van der Waals surface area contributed by atoms with Crippen LogP contribution in [0, 0.1) is 12.7 Å². The van der Waals surface area contributed by atoms with E-state index >= 15 is 0 Å². The predicted molar refractivity (Wildman–Crippen MR) is 137 cm³/mol. The fourth-order valence-corrected chi connectivity index (χ4v) is 5.92. The molecule has 10 heteroatoms. The maximum absolute atomic E-state index is 14.8. The van der Waals surface area contributed by atoms with Crippen LogP contribution in [0.25, 0.3) is 22.3 Å². The Morgan fingerprint density at radius 3 is 2.74 bits per heavy atom. The number of nitrogens with zero attached hydrogens (tertiary/aromatic N) is 2. The van der Waals surface area contributed by atoms with E-state index in [4.69, 9.17) is 14.8 Å². The minimum Gasteiger partial charge on any atom is -0.460 e. The van der Waals surface area contributed by atoms with Crippen LogP contribution in [0.15, 0.2) is 16.9 Å². The first kappa shape index (κ1) is 26.0. The van der Waals surface area contributed by atoms with Gasteiger partial charge in [0.1, 0.15) is 12.4 Å². The van der Waals surface area contributed by atoms with Crippen molar-refractivity contribution in [1.82, 2.24) is 14.9 Å². The number of benzene rings is 1. The summed E-state index contributed by atoms with van der Waals surface area (Å²) < 4.78 is 26.1. The van der Waals surface area contributed by atoms with Gasteiger partial charge in [0.05, 0.1) is 54.2 Å². The molecule has 1 aliphatic carbocycles. The lowest BCUT2D eigenvalue weighted by molar-refractivity contribution is -0.148. The van der Waals surface area contributed by atoms with E-state index in [2.05, 4.69) is 10.1 Å². The molecule has 38 heavy (non-hydrogen) atoms. The van der Waals surface area contributed by atoms with E-state index in [-0.39, 0.29) is 36.6 Å². The van der Waals surface area contributed by atoms with Crippen LogP contribution < -0.4 is 10.9 Å². The average molecular weight is 524 g/mol. The van der Waals surface area contributed by atoms with Gasteiger partial charge in [-0.25, -0.2) is 9.37 Å². The second-order valence-electron chi connectivity index (χ2n) is 9.72. The first-order chi connectivity index (χ1) is 18.4. The molecule has 9 nitrogen and oxygen atoms in total. The normalized spacial score (nSPS) is 18.6. The molecule has 0 saturated heterocycles. The van der Waals surface area contributed by atoms with Crippen molar-refractivity contribution in [3.05, 3.63) is 61.7 Å². The van der Waals surface area contributed by atoms with Crippen molar-refractivity contribution >= 4 is 23.3 Å². The minimum atomic E-state index is -0.494. The molecule has 3 aromatic rings. The van der Waals surface area contributed by atoms with Crippen LogP contribution in [-0.4, -0.2) is 47.4 Å². The molecule has 2 aromatic heterocycles. The Kier molecular flexibility index (Phi) is 7.02. The number of cyclic esters (lactones) is 1. The van der Waals surface area contributed by atoms with Crippen molar-refractivity contribution in [2.45, 2.75) is 58.2 Å². The van der Waals surface area contributed by atoms with Gasteiger partial charge in [0, 0.05) is 24.1 Å². The second-order valence-corrected chi connectivity index (χ2v) is 9.72. The molecule has 0 saturated carbocycles. The van der Waals surface area contributed by atoms with E-state index < -0.39 is 5.92 Å². The first-order valence-corrected chi connectivity index (χ1v) is 12.7. The number of methoxy groups -OCH3 is 1. The molecule has 1 aromatic carbocycles. The van der Waals surface area contributed by atoms with Crippen LogP contribution in [0.4, 0.5) is 4.39 Å². The summed E-state index contributed by atoms with van der Waals surface area (Å²) in [7, 11) is 1.55. The number of pyridine rings is 2. The number of fused-ring (bicyclic) bond motifs is 5. The maximum Gasteiger partial charge on any atom is 0.313 e. The number of aryl methyl sites for hydroxylation is 1. The summed E-state index contributed by atoms with van der Waals surface area (Å²) >= 11 is 0. The van der Waals surface area contributed by atoms with Gasteiger partial charge in [-0.2, -0.15) is 0 Å². The van der Waals surface area contributed by atoms with E-state index in [1.807, 2.05) is 13.0 Å². The van der Waals surface area contributed by atoms with E-state index in [9.17, 15) is 18.8 Å². The lowest BCUT2D eigenvalue weighted by Gasteiger charge is -2.28. The molecule has 0 fully saturated rings. The summed E-state index contributed by atoms with van der Waals surface area (Å²) in [6, 6.07) is 3.07. The molecule has 3 aliphatic rings. The Labute approximate surface area is 218 Å². The number of aliphatic hydroxyl groups is 1. The summed E-state index contributed by atoms with van der Waals surface area (Å²) in [6.45, 7) is 4.50. The standard InChI is InChI=1S/C25H22FN3O4.C3H8O2/c1-3-12-14-6-20-23-15(8-29(20)24(31)16(14)9-33-25(12)32)22-18(27-10-30)5-4-13-11(2)17(26)7-19(28-23)21(13)22;1-5-3-2-4/h6-7,10,12,18H,3-5,8-9H2,1-2H3,(H,27,30);4H,2-3H2,1H3. The molecule has 2 N–H and O–H groups in total. The van der Waals surface area contributed by atoms with Crippen LogP contribution >= 0.6 is 0 Å². The number of aromatic nitrogens is 2. The number of aliphatic hydroxyl groups excluding tert-OH is 1. The van der Waals surface area contributed by atoms with E-state index in [0.29, 0.717) is 72.4 Å². The van der Waals surface area contributed by atoms with Crippen LogP contribution in [-0.2, 0) is 38.6 Å². The van der Waals surface area contributed by atoms with Crippen LogP contribution in [0.2, 0.25) is 0 Å². The van der Waals surface area contributed by atoms with Gasteiger partial charge >= 0.3 is 5.97 Å².